The minimum atomic E-state index is -4.50. The molecule has 0 saturated carbocycles. The number of alkyl halides is 3. The molecule has 0 saturated heterocycles. The number of benzene rings is 1. The van der Waals surface area contributed by atoms with Gasteiger partial charge in [0.15, 0.2) is 0 Å². The van der Waals surface area contributed by atoms with Crippen molar-refractivity contribution in [2.24, 2.45) is 0 Å². The van der Waals surface area contributed by atoms with Gasteiger partial charge in [-0.2, -0.15) is 13.2 Å². The van der Waals surface area contributed by atoms with Gasteiger partial charge >= 0.3 is 6.18 Å². The molecule has 0 radical (unpaired) electrons. The number of nitrogen functional groups attached to an aromatic ring is 1. The molecule has 0 amide bonds. The second-order valence-corrected chi connectivity index (χ2v) is 4.54. The van der Waals surface area contributed by atoms with E-state index in [-0.39, 0.29) is 23.4 Å². The first-order valence-corrected chi connectivity index (χ1v) is 5.90. The zero-order valence-electron chi connectivity index (χ0n) is 10.7. The molecule has 0 spiro atoms. The first-order valence-electron chi connectivity index (χ1n) is 5.90. The summed E-state index contributed by atoms with van der Waals surface area (Å²) in [6.45, 7) is 1.47. The summed E-state index contributed by atoms with van der Waals surface area (Å²) in [5, 5.41) is 0. The molecule has 0 unspecified atom stereocenters. The summed E-state index contributed by atoms with van der Waals surface area (Å²) in [5.74, 6) is 0. The lowest BCUT2D eigenvalue weighted by Gasteiger charge is -2.15. The SMILES string of the molecule is Cc1cccn(Cc2ccc(N)cc2C(F)(F)F)c1=O. The Balaban J connectivity index is 2.49. The van der Waals surface area contributed by atoms with Gasteiger partial charge < -0.3 is 10.3 Å². The molecule has 6 heteroatoms. The number of hydrogen-bond acceptors (Lipinski definition) is 2. The third kappa shape index (κ3) is 2.84. The molecule has 1 aromatic carbocycles. The van der Waals surface area contributed by atoms with Crippen molar-refractivity contribution in [3.05, 3.63) is 63.6 Å². The van der Waals surface area contributed by atoms with E-state index in [0.717, 1.165) is 6.07 Å². The maximum absolute atomic E-state index is 13.0. The maximum atomic E-state index is 13.0. The van der Waals surface area contributed by atoms with Crippen LogP contribution in [0.1, 0.15) is 16.7 Å². The number of rotatable bonds is 2. The highest BCUT2D eigenvalue weighted by Crippen LogP contribution is 2.33. The van der Waals surface area contributed by atoms with Crippen LogP contribution in [0, 0.1) is 6.92 Å². The molecule has 1 aromatic heterocycles. The second-order valence-electron chi connectivity index (χ2n) is 4.54. The van der Waals surface area contributed by atoms with E-state index in [1.165, 1.54) is 22.9 Å². The summed E-state index contributed by atoms with van der Waals surface area (Å²) in [6.07, 6.45) is -3.04. The van der Waals surface area contributed by atoms with Crippen LogP contribution in [0.15, 0.2) is 41.3 Å². The van der Waals surface area contributed by atoms with Crippen molar-refractivity contribution in [3.63, 3.8) is 0 Å². The van der Waals surface area contributed by atoms with E-state index >= 15 is 0 Å². The van der Waals surface area contributed by atoms with Gasteiger partial charge in [-0.05, 0) is 30.7 Å². The third-order valence-electron chi connectivity index (χ3n) is 2.99. The summed E-state index contributed by atoms with van der Waals surface area (Å²) < 4.78 is 40.2. The summed E-state index contributed by atoms with van der Waals surface area (Å²) in [4.78, 5) is 11.9. The Morgan fingerprint density at radius 3 is 2.60 bits per heavy atom. The van der Waals surface area contributed by atoms with Crippen molar-refractivity contribution in [2.75, 3.05) is 5.73 Å². The molecular formula is C14H13F3N2O. The van der Waals surface area contributed by atoms with Gasteiger partial charge in [-0.1, -0.05) is 12.1 Å². The van der Waals surface area contributed by atoms with Crippen LogP contribution in [0.2, 0.25) is 0 Å². The standard InChI is InChI=1S/C14H13F3N2O/c1-9-3-2-6-19(13(9)20)8-10-4-5-11(18)7-12(10)14(15,16)17/h2-7H,8,18H2,1H3. The highest BCUT2D eigenvalue weighted by Gasteiger charge is 2.33. The van der Waals surface area contributed by atoms with Crippen molar-refractivity contribution in [2.45, 2.75) is 19.6 Å². The molecule has 0 aliphatic heterocycles. The zero-order valence-corrected chi connectivity index (χ0v) is 10.7. The third-order valence-corrected chi connectivity index (χ3v) is 2.99. The quantitative estimate of drug-likeness (QED) is 0.861. The molecule has 0 bridgehead atoms. The molecule has 106 valence electrons. The monoisotopic (exact) mass is 282 g/mol. The Hall–Kier alpha value is -2.24. The lowest BCUT2D eigenvalue weighted by atomic mass is 10.1. The molecule has 3 nitrogen and oxygen atoms in total. The number of nitrogens with two attached hydrogens (primary N) is 1. The number of pyridine rings is 1. The highest BCUT2D eigenvalue weighted by atomic mass is 19.4. The lowest BCUT2D eigenvalue weighted by molar-refractivity contribution is -0.138. The van der Waals surface area contributed by atoms with E-state index in [4.69, 9.17) is 5.73 Å². The molecule has 2 N–H and O–H groups in total. The molecule has 20 heavy (non-hydrogen) atoms. The molecule has 0 fully saturated rings. The molecular weight excluding hydrogens is 269 g/mol. The highest BCUT2D eigenvalue weighted by molar-refractivity contribution is 5.46. The van der Waals surface area contributed by atoms with Crippen molar-refractivity contribution < 1.29 is 13.2 Å². The number of halogens is 3. The van der Waals surface area contributed by atoms with Gasteiger partial charge in [0.05, 0.1) is 12.1 Å². The van der Waals surface area contributed by atoms with E-state index in [1.54, 1.807) is 19.1 Å². The fraction of sp³-hybridized carbons (Fsp3) is 0.214. The topological polar surface area (TPSA) is 48.0 Å². The number of nitrogens with zero attached hydrogens (tertiary/aromatic N) is 1. The van der Waals surface area contributed by atoms with Crippen molar-refractivity contribution in [1.82, 2.24) is 4.57 Å². The first-order chi connectivity index (χ1) is 9.29. The Labute approximate surface area is 113 Å². The first kappa shape index (κ1) is 14.2. The van der Waals surface area contributed by atoms with Crippen LogP contribution in [-0.2, 0) is 12.7 Å². The van der Waals surface area contributed by atoms with E-state index < -0.39 is 11.7 Å². The van der Waals surface area contributed by atoms with Crippen LogP contribution in [0.25, 0.3) is 0 Å². The Bertz CT molecular complexity index is 690. The number of anilines is 1. The lowest BCUT2D eigenvalue weighted by Crippen LogP contribution is -2.23. The predicted molar refractivity (Wildman–Crippen MR) is 70.4 cm³/mol. The number of aryl methyl sites for hydroxylation is 1. The van der Waals surface area contributed by atoms with Gasteiger partial charge in [-0.3, -0.25) is 4.79 Å². The minimum Gasteiger partial charge on any atom is -0.399 e. The van der Waals surface area contributed by atoms with Gasteiger partial charge in [0, 0.05) is 17.4 Å². The molecule has 2 rings (SSSR count). The van der Waals surface area contributed by atoms with Gasteiger partial charge in [-0.15, -0.1) is 0 Å². The Morgan fingerprint density at radius 2 is 1.95 bits per heavy atom. The minimum absolute atomic E-state index is 0.0133. The largest absolute Gasteiger partial charge is 0.416 e. The molecule has 0 atom stereocenters. The zero-order chi connectivity index (χ0) is 14.9. The maximum Gasteiger partial charge on any atom is 0.416 e. The predicted octanol–water partition coefficient (Wildman–Crippen LogP) is 2.81. The van der Waals surface area contributed by atoms with Crippen LogP contribution < -0.4 is 11.3 Å². The summed E-state index contributed by atoms with van der Waals surface area (Å²) in [6, 6.07) is 6.82. The fourth-order valence-electron chi connectivity index (χ4n) is 1.96. The van der Waals surface area contributed by atoms with E-state index in [1.807, 2.05) is 0 Å². The van der Waals surface area contributed by atoms with E-state index in [0.29, 0.717) is 5.56 Å². The second kappa shape index (κ2) is 5.03. The summed E-state index contributed by atoms with van der Waals surface area (Å²) in [5.41, 5.74) is 4.82. The van der Waals surface area contributed by atoms with Crippen LogP contribution >= 0.6 is 0 Å². The number of hydrogen-bond donors (Lipinski definition) is 1. The Morgan fingerprint density at radius 1 is 1.25 bits per heavy atom. The van der Waals surface area contributed by atoms with Crippen LogP contribution in [0.5, 0.6) is 0 Å². The molecule has 0 aliphatic rings. The number of aromatic nitrogens is 1. The normalized spacial score (nSPS) is 11.6. The van der Waals surface area contributed by atoms with Gasteiger partial charge in [-0.25, -0.2) is 0 Å². The van der Waals surface area contributed by atoms with Gasteiger partial charge in [0.2, 0.25) is 0 Å². The van der Waals surface area contributed by atoms with Crippen molar-refractivity contribution in [1.29, 1.82) is 0 Å². The smallest absolute Gasteiger partial charge is 0.399 e. The Kier molecular flexibility index (Phi) is 3.57. The fourth-order valence-corrected chi connectivity index (χ4v) is 1.96. The molecule has 0 aliphatic carbocycles. The molecule has 2 aromatic rings. The van der Waals surface area contributed by atoms with E-state index in [2.05, 4.69) is 0 Å². The summed E-state index contributed by atoms with van der Waals surface area (Å²) in [7, 11) is 0. The van der Waals surface area contributed by atoms with Gasteiger partial charge in [0.25, 0.3) is 5.56 Å². The van der Waals surface area contributed by atoms with E-state index in [9.17, 15) is 18.0 Å². The van der Waals surface area contributed by atoms with Gasteiger partial charge in [0.1, 0.15) is 0 Å². The summed E-state index contributed by atoms with van der Waals surface area (Å²) >= 11 is 0. The van der Waals surface area contributed by atoms with Crippen molar-refractivity contribution in [3.8, 4) is 0 Å². The average Bonchev–Trinajstić information content (AvgIpc) is 2.36. The average molecular weight is 282 g/mol. The van der Waals surface area contributed by atoms with Crippen LogP contribution in [-0.4, -0.2) is 4.57 Å². The molecule has 1 heterocycles. The van der Waals surface area contributed by atoms with Crippen LogP contribution in [0.4, 0.5) is 18.9 Å². The van der Waals surface area contributed by atoms with Crippen LogP contribution in [0.3, 0.4) is 0 Å². The van der Waals surface area contributed by atoms with Crippen molar-refractivity contribution >= 4 is 5.69 Å².